The van der Waals surface area contributed by atoms with Gasteiger partial charge >= 0.3 is 0 Å². The van der Waals surface area contributed by atoms with E-state index in [2.05, 4.69) is 41.0 Å². The molecule has 0 saturated carbocycles. The molecule has 0 aromatic carbocycles. The summed E-state index contributed by atoms with van der Waals surface area (Å²) in [6.07, 6.45) is 4.38. The number of methoxy groups -OCH3 is 1. The summed E-state index contributed by atoms with van der Waals surface area (Å²) >= 11 is 0. The number of nitrogens with one attached hydrogen (secondary N) is 1. The minimum Gasteiger partial charge on any atom is -0.494 e. The van der Waals surface area contributed by atoms with E-state index in [9.17, 15) is 0 Å². The minimum absolute atomic E-state index is 0.285. The largest absolute Gasteiger partial charge is 0.494 e. The Morgan fingerprint density at radius 3 is 2.67 bits per heavy atom. The van der Waals surface area contributed by atoms with Crippen LogP contribution in [0.3, 0.4) is 0 Å². The highest BCUT2D eigenvalue weighted by molar-refractivity contribution is 5.70. The van der Waals surface area contributed by atoms with Crippen LogP contribution in [0.15, 0.2) is 24.7 Å². The van der Waals surface area contributed by atoms with Gasteiger partial charge in [-0.1, -0.05) is 20.8 Å². The van der Waals surface area contributed by atoms with Gasteiger partial charge in [0.1, 0.15) is 29.3 Å². The highest BCUT2D eigenvalue weighted by atomic mass is 16.5. The van der Waals surface area contributed by atoms with Gasteiger partial charge in [-0.2, -0.15) is 0 Å². The van der Waals surface area contributed by atoms with Crippen molar-refractivity contribution in [2.24, 2.45) is 0 Å². The predicted molar refractivity (Wildman–Crippen MR) is 84.7 cm³/mol. The zero-order valence-corrected chi connectivity index (χ0v) is 13.1. The first-order valence-corrected chi connectivity index (χ1v) is 7.27. The zero-order valence-electron chi connectivity index (χ0n) is 13.1. The van der Waals surface area contributed by atoms with Crippen molar-refractivity contribution in [2.45, 2.75) is 33.1 Å². The monoisotopic (exact) mass is 286 g/mol. The molecule has 2 heterocycles. The molecule has 2 rings (SSSR count). The van der Waals surface area contributed by atoms with Crippen LogP contribution in [-0.4, -0.2) is 28.6 Å². The van der Waals surface area contributed by atoms with Gasteiger partial charge in [0.05, 0.1) is 7.11 Å². The molecule has 0 unspecified atom stereocenters. The fourth-order valence-electron chi connectivity index (χ4n) is 2.25. The minimum atomic E-state index is 0.285. The molecule has 2 aromatic rings. The number of ether oxygens (including phenoxy) is 1. The van der Waals surface area contributed by atoms with E-state index in [1.165, 1.54) is 0 Å². The van der Waals surface area contributed by atoms with E-state index in [1.807, 2.05) is 12.1 Å². The van der Waals surface area contributed by atoms with Gasteiger partial charge in [-0.15, -0.1) is 0 Å². The van der Waals surface area contributed by atoms with Crippen LogP contribution in [0.4, 0.5) is 5.82 Å². The van der Waals surface area contributed by atoms with Crippen LogP contribution >= 0.6 is 0 Å². The number of pyridine rings is 1. The summed E-state index contributed by atoms with van der Waals surface area (Å²) in [7, 11) is 1.65. The fourth-order valence-corrected chi connectivity index (χ4v) is 2.25. The lowest BCUT2D eigenvalue weighted by atomic mass is 9.99. The summed E-state index contributed by atoms with van der Waals surface area (Å²) in [6, 6.07) is 3.75. The van der Waals surface area contributed by atoms with Crippen molar-refractivity contribution in [3.05, 3.63) is 30.2 Å². The smallest absolute Gasteiger partial charge is 0.146 e. The van der Waals surface area contributed by atoms with Crippen LogP contribution in [0.5, 0.6) is 5.75 Å². The van der Waals surface area contributed by atoms with Crippen molar-refractivity contribution in [3.8, 4) is 17.1 Å². The van der Waals surface area contributed by atoms with Crippen molar-refractivity contribution < 1.29 is 4.74 Å². The second-order valence-corrected chi connectivity index (χ2v) is 5.12. The van der Waals surface area contributed by atoms with E-state index >= 15 is 0 Å². The Kier molecular flexibility index (Phi) is 5.09. The van der Waals surface area contributed by atoms with Gasteiger partial charge in [-0.3, -0.25) is 4.98 Å². The Hall–Kier alpha value is -2.17. The average molecular weight is 286 g/mol. The molecule has 0 atom stereocenters. The van der Waals surface area contributed by atoms with Crippen molar-refractivity contribution in [2.75, 3.05) is 19.0 Å². The van der Waals surface area contributed by atoms with Gasteiger partial charge in [0.15, 0.2) is 0 Å². The van der Waals surface area contributed by atoms with E-state index in [0.29, 0.717) is 0 Å². The molecule has 5 nitrogen and oxygen atoms in total. The van der Waals surface area contributed by atoms with Crippen LogP contribution in [0.2, 0.25) is 0 Å². The normalized spacial score (nSPS) is 10.7. The lowest BCUT2D eigenvalue weighted by Gasteiger charge is -2.17. The van der Waals surface area contributed by atoms with Gasteiger partial charge in [0.25, 0.3) is 0 Å². The van der Waals surface area contributed by atoms with E-state index in [-0.39, 0.29) is 5.92 Å². The summed E-state index contributed by atoms with van der Waals surface area (Å²) < 4.78 is 5.41. The van der Waals surface area contributed by atoms with Gasteiger partial charge in [0.2, 0.25) is 0 Å². The lowest BCUT2D eigenvalue weighted by molar-refractivity contribution is 0.414. The van der Waals surface area contributed by atoms with Crippen molar-refractivity contribution in [1.82, 2.24) is 15.0 Å². The van der Waals surface area contributed by atoms with Gasteiger partial charge in [-0.05, 0) is 24.5 Å². The Morgan fingerprint density at radius 1 is 1.19 bits per heavy atom. The maximum Gasteiger partial charge on any atom is 0.146 e. The first-order valence-electron chi connectivity index (χ1n) is 7.27. The highest BCUT2D eigenvalue weighted by Gasteiger charge is 2.19. The molecule has 112 valence electrons. The number of rotatable bonds is 6. The number of anilines is 1. The number of nitrogens with zero attached hydrogens (tertiary/aromatic N) is 3. The second kappa shape index (κ2) is 7.02. The van der Waals surface area contributed by atoms with Crippen molar-refractivity contribution >= 4 is 5.82 Å². The van der Waals surface area contributed by atoms with Gasteiger partial charge < -0.3 is 10.1 Å². The number of aromatic nitrogens is 3. The predicted octanol–water partition coefficient (Wildman–Crippen LogP) is 3.49. The summed E-state index contributed by atoms with van der Waals surface area (Å²) in [5, 5.41) is 3.37. The third kappa shape index (κ3) is 3.29. The first-order chi connectivity index (χ1) is 10.2. The van der Waals surface area contributed by atoms with Crippen molar-refractivity contribution in [1.29, 1.82) is 0 Å². The Morgan fingerprint density at radius 2 is 2.00 bits per heavy atom. The van der Waals surface area contributed by atoms with Crippen LogP contribution in [0.25, 0.3) is 11.4 Å². The van der Waals surface area contributed by atoms with Crippen LogP contribution in [0.1, 0.15) is 38.7 Å². The molecular weight excluding hydrogens is 264 g/mol. The van der Waals surface area contributed by atoms with E-state index < -0.39 is 0 Å². The summed E-state index contributed by atoms with van der Waals surface area (Å²) in [5.41, 5.74) is 2.66. The van der Waals surface area contributed by atoms with Gasteiger partial charge in [0, 0.05) is 18.3 Å². The molecule has 0 aliphatic carbocycles. The van der Waals surface area contributed by atoms with Crippen LogP contribution < -0.4 is 10.1 Å². The number of hydrogen-bond acceptors (Lipinski definition) is 5. The molecule has 0 radical (unpaired) electrons. The zero-order chi connectivity index (χ0) is 15.2. The average Bonchev–Trinajstić information content (AvgIpc) is 2.52. The molecule has 0 aliphatic rings. The molecule has 5 heteroatoms. The second-order valence-electron chi connectivity index (χ2n) is 5.12. The fraction of sp³-hybridized carbons (Fsp3) is 0.438. The quantitative estimate of drug-likeness (QED) is 0.880. The van der Waals surface area contributed by atoms with Crippen LogP contribution in [0, 0.1) is 0 Å². The van der Waals surface area contributed by atoms with E-state index in [0.717, 1.165) is 41.5 Å². The molecule has 0 fully saturated rings. The third-order valence-corrected chi connectivity index (χ3v) is 3.22. The Labute approximate surface area is 125 Å². The molecule has 0 spiro atoms. The van der Waals surface area contributed by atoms with Gasteiger partial charge in [-0.25, -0.2) is 9.97 Å². The highest BCUT2D eigenvalue weighted by Crippen LogP contribution is 2.34. The summed E-state index contributed by atoms with van der Waals surface area (Å²) in [6.45, 7) is 7.28. The molecule has 0 aliphatic heterocycles. The van der Waals surface area contributed by atoms with Crippen LogP contribution in [-0.2, 0) is 0 Å². The standard InChI is InChI=1S/C16H22N4O/c1-5-8-18-16-13(11(2)3)15(19-10-20-16)14-12(21-4)7-6-9-17-14/h6-7,9-11H,5,8H2,1-4H3,(H,18,19,20). The Balaban J connectivity index is 2.57. The molecule has 0 saturated heterocycles. The maximum absolute atomic E-state index is 5.41. The maximum atomic E-state index is 5.41. The first kappa shape index (κ1) is 15.2. The SMILES string of the molecule is CCCNc1ncnc(-c2ncccc2OC)c1C(C)C. The van der Waals surface area contributed by atoms with E-state index in [4.69, 9.17) is 4.74 Å². The summed E-state index contributed by atoms with van der Waals surface area (Å²) in [4.78, 5) is 13.3. The molecule has 1 N–H and O–H groups in total. The Bertz CT molecular complexity index is 599. The molecule has 2 aromatic heterocycles. The lowest BCUT2D eigenvalue weighted by Crippen LogP contribution is -2.09. The topological polar surface area (TPSA) is 59.9 Å². The van der Waals surface area contributed by atoms with Crippen molar-refractivity contribution in [3.63, 3.8) is 0 Å². The molecular formula is C16H22N4O. The van der Waals surface area contributed by atoms with E-state index in [1.54, 1.807) is 19.6 Å². The molecule has 0 amide bonds. The molecule has 21 heavy (non-hydrogen) atoms. The third-order valence-electron chi connectivity index (χ3n) is 3.22. The molecule has 0 bridgehead atoms. The number of hydrogen-bond donors (Lipinski definition) is 1. The summed E-state index contributed by atoms with van der Waals surface area (Å²) in [5.74, 6) is 1.89.